The number of rotatable bonds is 6. The molecule has 4 rings (SSSR count). The Bertz CT molecular complexity index is 1050. The van der Waals surface area contributed by atoms with Gasteiger partial charge in [0.25, 0.3) is 0 Å². The number of nitrogens with zero attached hydrogens (tertiary/aromatic N) is 3. The third-order valence-corrected chi connectivity index (χ3v) is 6.29. The highest BCUT2D eigenvalue weighted by atomic mass is 35.5. The number of ether oxygens (including phenoxy) is 1. The van der Waals surface area contributed by atoms with Crippen LogP contribution in [-0.2, 0) is 4.74 Å². The lowest BCUT2D eigenvalue weighted by Crippen LogP contribution is -2.32. The summed E-state index contributed by atoms with van der Waals surface area (Å²) in [5, 5.41) is 4.93. The van der Waals surface area contributed by atoms with Gasteiger partial charge in [-0.1, -0.05) is 29.8 Å². The fourth-order valence-corrected chi connectivity index (χ4v) is 4.82. The van der Waals surface area contributed by atoms with Gasteiger partial charge in [0.05, 0.1) is 35.1 Å². The Morgan fingerprint density at radius 2 is 1.93 bits per heavy atom. The zero-order chi connectivity index (χ0) is 21.3. The molecule has 2 atom stereocenters. The molecule has 5 nitrogen and oxygen atoms in total. The second-order valence-electron chi connectivity index (χ2n) is 7.43. The number of methoxy groups -OCH3 is 1. The molecule has 0 amide bonds. The first kappa shape index (κ1) is 20.8. The van der Waals surface area contributed by atoms with Crippen molar-refractivity contribution in [3.05, 3.63) is 82.4 Å². The summed E-state index contributed by atoms with van der Waals surface area (Å²) in [6.45, 7) is 5.54. The van der Waals surface area contributed by atoms with Crippen molar-refractivity contribution in [1.82, 2.24) is 19.8 Å². The Labute approximate surface area is 187 Å². The van der Waals surface area contributed by atoms with Gasteiger partial charge in [0.2, 0.25) is 0 Å². The lowest BCUT2D eigenvalue weighted by atomic mass is 9.97. The van der Waals surface area contributed by atoms with E-state index in [1.807, 2.05) is 48.7 Å². The molecule has 30 heavy (non-hydrogen) atoms. The molecule has 1 aromatic carbocycles. The van der Waals surface area contributed by atoms with Crippen LogP contribution in [0.4, 0.5) is 0 Å². The minimum absolute atomic E-state index is 0.00462. The average Bonchev–Trinajstić information content (AvgIpc) is 3.23. The van der Waals surface area contributed by atoms with E-state index in [2.05, 4.69) is 39.7 Å². The van der Waals surface area contributed by atoms with Crippen LogP contribution in [0.1, 0.15) is 34.7 Å². The van der Waals surface area contributed by atoms with Gasteiger partial charge in [0.15, 0.2) is 5.11 Å². The van der Waals surface area contributed by atoms with Gasteiger partial charge in [0.1, 0.15) is 0 Å². The van der Waals surface area contributed by atoms with Crippen molar-refractivity contribution in [3.8, 4) is 5.69 Å². The maximum absolute atomic E-state index is 6.53. The molecule has 3 heterocycles. The van der Waals surface area contributed by atoms with Gasteiger partial charge in [0, 0.05) is 31.2 Å². The zero-order valence-corrected chi connectivity index (χ0v) is 18.9. The highest BCUT2D eigenvalue weighted by Gasteiger charge is 2.41. The summed E-state index contributed by atoms with van der Waals surface area (Å²) in [6.07, 6.45) is 1.82. The molecular weight excluding hydrogens is 416 g/mol. The van der Waals surface area contributed by atoms with Crippen LogP contribution in [0.3, 0.4) is 0 Å². The fraction of sp³-hybridized carbons (Fsp3) is 0.304. The number of thiocarbonyl (C=S) groups is 1. The molecule has 0 aliphatic carbocycles. The van der Waals surface area contributed by atoms with Crippen molar-refractivity contribution in [2.45, 2.75) is 25.9 Å². The largest absolute Gasteiger partial charge is 0.383 e. The smallest absolute Gasteiger partial charge is 0.170 e. The third-order valence-electron chi connectivity index (χ3n) is 5.62. The summed E-state index contributed by atoms with van der Waals surface area (Å²) < 4.78 is 7.57. The first-order valence-corrected chi connectivity index (χ1v) is 10.7. The van der Waals surface area contributed by atoms with Crippen molar-refractivity contribution in [2.75, 3.05) is 20.3 Å². The lowest BCUT2D eigenvalue weighted by molar-refractivity contribution is 0.164. The molecule has 1 N–H and O–H groups in total. The van der Waals surface area contributed by atoms with E-state index in [0.717, 1.165) is 32.9 Å². The van der Waals surface area contributed by atoms with Crippen LogP contribution < -0.4 is 5.32 Å². The Morgan fingerprint density at radius 1 is 1.17 bits per heavy atom. The normalized spacial score (nSPS) is 18.7. The van der Waals surface area contributed by atoms with Crippen LogP contribution in [0, 0.1) is 13.8 Å². The van der Waals surface area contributed by atoms with Crippen LogP contribution in [0.5, 0.6) is 0 Å². The summed E-state index contributed by atoms with van der Waals surface area (Å²) in [6, 6.07) is 16.1. The molecule has 7 heteroatoms. The maximum atomic E-state index is 6.53. The van der Waals surface area contributed by atoms with Crippen molar-refractivity contribution in [3.63, 3.8) is 0 Å². The third kappa shape index (κ3) is 3.71. The number of pyridine rings is 1. The predicted octanol–water partition coefficient (Wildman–Crippen LogP) is 4.76. The molecule has 0 spiro atoms. The average molecular weight is 441 g/mol. The second kappa shape index (κ2) is 8.76. The van der Waals surface area contributed by atoms with Crippen LogP contribution in [0.2, 0.25) is 5.02 Å². The van der Waals surface area contributed by atoms with Gasteiger partial charge >= 0.3 is 0 Å². The molecule has 1 aliphatic rings. The fourth-order valence-electron chi connectivity index (χ4n) is 4.27. The van der Waals surface area contributed by atoms with Crippen molar-refractivity contribution >= 4 is 28.9 Å². The molecule has 1 fully saturated rings. The predicted molar refractivity (Wildman–Crippen MR) is 124 cm³/mol. The minimum Gasteiger partial charge on any atom is -0.383 e. The number of benzene rings is 1. The van der Waals surface area contributed by atoms with Gasteiger partial charge in [-0.05, 0) is 62.0 Å². The van der Waals surface area contributed by atoms with Gasteiger partial charge in [-0.15, -0.1) is 0 Å². The topological polar surface area (TPSA) is 42.3 Å². The quantitative estimate of drug-likeness (QED) is 0.559. The van der Waals surface area contributed by atoms with Crippen LogP contribution in [-0.4, -0.2) is 39.8 Å². The summed E-state index contributed by atoms with van der Waals surface area (Å²) in [4.78, 5) is 6.81. The second-order valence-corrected chi connectivity index (χ2v) is 8.22. The molecule has 0 bridgehead atoms. The summed E-state index contributed by atoms with van der Waals surface area (Å²) >= 11 is 12.2. The van der Waals surface area contributed by atoms with E-state index in [0.29, 0.717) is 13.2 Å². The highest BCUT2D eigenvalue weighted by molar-refractivity contribution is 7.80. The molecule has 3 aromatic rings. The SMILES string of the molecule is COCCN1C(=S)N[C@H](c2ccccn2)[C@H]1c1cc(C)n(-c2ccccc2Cl)c1C. The summed E-state index contributed by atoms with van der Waals surface area (Å²) in [5.74, 6) is 0. The monoisotopic (exact) mass is 440 g/mol. The number of aryl methyl sites for hydroxylation is 1. The van der Waals surface area contributed by atoms with Crippen LogP contribution in [0.25, 0.3) is 5.69 Å². The number of nitrogens with one attached hydrogen (secondary N) is 1. The number of hydrogen-bond donors (Lipinski definition) is 1. The van der Waals surface area contributed by atoms with Gasteiger partial charge in [-0.2, -0.15) is 0 Å². The molecule has 1 saturated heterocycles. The highest BCUT2D eigenvalue weighted by Crippen LogP contribution is 2.41. The van der Waals surface area contributed by atoms with E-state index >= 15 is 0 Å². The van der Waals surface area contributed by atoms with E-state index < -0.39 is 0 Å². The number of hydrogen-bond acceptors (Lipinski definition) is 3. The van der Waals surface area contributed by atoms with Gasteiger partial charge in [-0.3, -0.25) is 4.98 Å². The summed E-state index contributed by atoms with van der Waals surface area (Å²) in [7, 11) is 1.71. The zero-order valence-electron chi connectivity index (χ0n) is 17.3. The maximum Gasteiger partial charge on any atom is 0.170 e. The standard InChI is InChI=1S/C23H25ClN4OS/c1-15-14-17(16(2)28(15)20-10-5-4-8-18(20)24)22-21(19-9-6-7-11-25-19)26-23(30)27(22)12-13-29-3/h4-11,14,21-22H,12-13H2,1-3H3,(H,26,30)/t21-,22-/m1/s1. The van der Waals surface area contributed by atoms with Gasteiger partial charge in [-0.25, -0.2) is 0 Å². The Balaban J connectivity index is 1.83. The van der Waals surface area contributed by atoms with Crippen LogP contribution in [0.15, 0.2) is 54.7 Å². The lowest BCUT2D eigenvalue weighted by Gasteiger charge is -2.28. The van der Waals surface area contributed by atoms with Crippen molar-refractivity contribution in [1.29, 1.82) is 0 Å². The van der Waals surface area contributed by atoms with Crippen molar-refractivity contribution < 1.29 is 4.74 Å². The molecular formula is C23H25ClN4OS. The number of para-hydroxylation sites is 1. The van der Waals surface area contributed by atoms with E-state index in [-0.39, 0.29) is 12.1 Å². The minimum atomic E-state index is -0.0456. The van der Waals surface area contributed by atoms with E-state index in [1.165, 1.54) is 5.56 Å². The number of halogens is 1. The molecule has 2 aromatic heterocycles. The van der Waals surface area contributed by atoms with Crippen molar-refractivity contribution in [2.24, 2.45) is 0 Å². The molecule has 0 radical (unpaired) electrons. The van der Waals surface area contributed by atoms with E-state index in [9.17, 15) is 0 Å². The number of aromatic nitrogens is 2. The first-order valence-electron chi connectivity index (χ1n) is 9.93. The Kier molecular flexibility index (Phi) is 6.09. The summed E-state index contributed by atoms with van der Waals surface area (Å²) in [5.41, 5.74) is 5.41. The van der Waals surface area contributed by atoms with E-state index in [1.54, 1.807) is 7.11 Å². The van der Waals surface area contributed by atoms with Gasteiger partial charge < -0.3 is 19.5 Å². The van der Waals surface area contributed by atoms with Crippen LogP contribution >= 0.6 is 23.8 Å². The van der Waals surface area contributed by atoms with E-state index in [4.69, 9.17) is 28.6 Å². The molecule has 1 aliphatic heterocycles. The Hall–Kier alpha value is -2.41. The Morgan fingerprint density at radius 3 is 2.63 bits per heavy atom. The molecule has 156 valence electrons. The first-order chi connectivity index (χ1) is 14.5. The molecule has 0 saturated carbocycles. The molecule has 0 unspecified atom stereocenters.